The van der Waals surface area contributed by atoms with Crippen LogP contribution in [-0.2, 0) is 4.74 Å². The van der Waals surface area contributed by atoms with Gasteiger partial charge in [0.25, 0.3) is 11.5 Å². The van der Waals surface area contributed by atoms with E-state index in [0.717, 1.165) is 5.69 Å². The number of aromatic nitrogens is 2. The average Bonchev–Trinajstić information content (AvgIpc) is 2.97. The predicted molar refractivity (Wildman–Crippen MR) is 94.4 cm³/mol. The first-order valence-electron chi connectivity index (χ1n) is 7.55. The minimum absolute atomic E-state index is 0.0689. The van der Waals surface area contributed by atoms with E-state index >= 15 is 0 Å². The molecular formula is C17H15N3O4S. The fourth-order valence-corrected chi connectivity index (χ4v) is 3.14. The molecule has 0 atom stereocenters. The SMILES string of the molecule is CCOC(=O)c1cccc(NC(=O)c2cnc3scc(C)n3c2=O)c1. The zero-order valence-corrected chi connectivity index (χ0v) is 14.4. The third-order valence-corrected chi connectivity index (χ3v) is 4.45. The monoisotopic (exact) mass is 357 g/mol. The molecule has 8 heteroatoms. The smallest absolute Gasteiger partial charge is 0.338 e. The predicted octanol–water partition coefficient (Wildman–Crippen LogP) is 2.49. The molecule has 3 rings (SSSR count). The Morgan fingerprint density at radius 2 is 2.16 bits per heavy atom. The van der Waals surface area contributed by atoms with Gasteiger partial charge in [0.05, 0.1) is 12.2 Å². The van der Waals surface area contributed by atoms with Gasteiger partial charge in [0.15, 0.2) is 4.96 Å². The van der Waals surface area contributed by atoms with E-state index in [4.69, 9.17) is 4.74 Å². The van der Waals surface area contributed by atoms with E-state index in [-0.39, 0.29) is 12.2 Å². The summed E-state index contributed by atoms with van der Waals surface area (Å²) in [5, 5.41) is 4.42. The second-order valence-corrected chi connectivity index (χ2v) is 6.06. The first-order valence-corrected chi connectivity index (χ1v) is 8.43. The number of nitrogens with one attached hydrogen (secondary N) is 1. The molecule has 0 saturated carbocycles. The number of esters is 1. The number of carbonyl (C=O) groups is 2. The van der Waals surface area contributed by atoms with Gasteiger partial charge in [-0.2, -0.15) is 0 Å². The number of hydrogen-bond acceptors (Lipinski definition) is 6. The standard InChI is InChI=1S/C17H15N3O4S/c1-3-24-16(23)11-5-4-6-12(7-11)19-14(21)13-8-18-17-20(15(13)22)10(2)9-25-17/h4-9H,3H2,1-2H3,(H,19,21). The molecule has 2 heterocycles. The van der Waals surface area contributed by atoms with Gasteiger partial charge in [0.2, 0.25) is 0 Å². The zero-order chi connectivity index (χ0) is 18.0. The summed E-state index contributed by atoms with van der Waals surface area (Å²) in [6.45, 7) is 3.75. The number of thiazole rings is 1. The van der Waals surface area contributed by atoms with Crippen LogP contribution in [0.25, 0.3) is 4.96 Å². The maximum atomic E-state index is 12.5. The summed E-state index contributed by atoms with van der Waals surface area (Å²) < 4.78 is 6.33. The molecule has 0 aliphatic heterocycles. The van der Waals surface area contributed by atoms with E-state index in [1.807, 2.05) is 0 Å². The molecule has 0 fully saturated rings. The quantitative estimate of drug-likeness (QED) is 0.725. The van der Waals surface area contributed by atoms with Crippen molar-refractivity contribution < 1.29 is 14.3 Å². The van der Waals surface area contributed by atoms with Crippen molar-refractivity contribution in [2.45, 2.75) is 13.8 Å². The molecule has 0 unspecified atom stereocenters. The minimum Gasteiger partial charge on any atom is -0.462 e. The molecule has 25 heavy (non-hydrogen) atoms. The van der Waals surface area contributed by atoms with Gasteiger partial charge < -0.3 is 10.1 Å². The van der Waals surface area contributed by atoms with Gasteiger partial charge in [-0.1, -0.05) is 6.07 Å². The Morgan fingerprint density at radius 3 is 2.92 bits per heavy atom. The molecule has 128 valence electrons. The van der Waals surface area contributed by atoms with Gasteiger partial charge >= 0.3 is 5.97 Å². The summed E-state index contributed by atoms with van der Waals surface area (Å²) in [4.78, 5) is 41.4. The molecule has 0 bridgehead atoms. The molecule has 0 saturated heterocycles. The molecule has 3 aromatic rings. The summed E-state index contributed by atoms with van der Waals surface area (Å²) in [6.07, 6.45) is 1.26. The molecule has 1 aromatic carbocycles. The van der Waals surface area contributed by atoms with E-state index in [0.29, 0.717) is 16.2 Å². The number of hydrogen-bond donors (Lipinski definition) is 1. The molecule has 2 aromatic heterocycles. The molecule has 1 amide bonds. The second-order valence-electron chi connectivity index (χ2n) is 5.23. The number of ether oxygens (including phenoxy) is 1. The minimum atomic E-state index is -0.585. The molecule has 0 aliphatic carbocycles. The maximum Gasteiger partial charge on any atom is 0.338 e. The molecule has 7 nitrogen and oxygen atoms in total. The van der Waals surface area contributed by atoms with Crippen LogP contribution in [0.2, 0.25) is 0 Å². The number of aryl methyl sites for hydroxylation is 1. The highest BCUT2D eigenvalue weighted by Gasteiger charge is 2.16. The van der Waals surface area contributed by atoms with E-state index in [9.17, 15) is 14.4 Å². The summed E-state index contributed by atoms with van der Waals surface area (Å²) in [6, 6.07) is 6.33. The fraction of sp³-hybridized carbons (Fsp3) is 0.176. The van der Waals surface area contributed by atoms with Crippen LogP contribution in [0.1, 0.15) is 33.3 Å². The third-order valence-electron chi connectivity index (χ3n) is 3.49. The summed E-state index contributed by atoms with van der Waals surface area (Å²) in [5.74, 6) is -1.06. The molecule has 0 radical (unpaired) electrons. The van der Waals surface area contributed by atoms with Crippen molar-refractivity contribution in [2.75, 3.05) is 11.9 Å². The Balaban J connectivity index is 1.89. The lowest BCUT2D eigenvalue weighted by molar-refractivity contribution is 0.0526. The Bertz CT molecular complexity index is 1020. The van der Waals surface area contributed by atoms with Gasteiger partial charge in [-0.15, -0.1) is 11.3 Å². The van der Waals surface area contributed by atoms with Crippen LogP contribution in [-0.4, -0.2) is 27.9 Å². The third kappa shape index (κ3) is 3.29. The van der Waals surface area contributed by atoms with Crippen LogP contribution in [0, 0.1) is 6.92 Å². The van der Waals surface area contributed by atoms with Crippen LogP contribution in [0.4, 0.5) is 5.69 Å². The first kappa shape index (κ1) is 16.8. The second kappa shape index (κ2) is 6.86. The highest BCUT2D eigenvalue weighted by Crippen LogP contribution is 2.14. The van der Waals surface area contributed by atoms with Crippen molar-refractivity contribution in [3.8, 4) is 0 Å². The lowest BCUT2D eigenvalue weighted by Crippen LogP contribution is -2.26. The highest BCUT2D eigenvalue weighted by atomic mass is 32.1. The normalized spacial score (nSPS) is 10.6. The number of amides is 1. The first-order chi connectivity index (χ1) is 12.0. The van der Waals surface area contributed by atoms with Crippen LogP contribution < -0.4 is 10.9 Å². The van der Waals surface area contributed by atoms with Crippen LogP contribution in [0.15, 0.2) is 40.6 Å². The Kier molecular flexibility index (Phi) is 4.62. The molecule has 1 N–H and O–H groups in total. The Hall–Kier alpha value is -3.00. The fourth-order valence-electron chi connectivity index (χ4n) is 2.32. The lowest BCUT2D eigenvalue weighted by Gasteiger charge is -2.07. The average molecular weight is 357 g/mol. The van der Waals surface area contributed by atoms with Crippen molar-refractivity contribution in [3.05, 3.63) is 63.0 Å². The van der Waals surface area contributed by atoms with Gasteiger partial charge in [-0.05, 0) is 32.0 Å². The van der Waals surface area contributed by atoms with Crippen LogP contribution >= 0.6 is 11.3 Å². The topological polar surface area (TPSA) is 89.8 Å². The van der Waals surface area contributed by atoms with Crippen LogP contribution in [0.5, 0.6) is 0 Å². The van der Waals surface area contributed by atoms with E-state index in [1.54, 1.807) is 37.4 Å². The van der Waals surface area contributed by atoms with Crippen molar-refractivity contribution in [1.29, 1.82) is 0 Å². The lowest BCUT2D eigenvalue weighted by atomic mass is 10.2. The van der Waals surface area contributed by atoms with E-state index < -0.39 is 17.4 Å². The highest BCUT2D eigenvalue weighted by molar-refractivity contribution is 7.15. The Morgan fingerprint density at radius 1 is 1.36 bits per heavy atom. The number of rotatable bonds is 4. The Labute approximate surface area is 146 Å². The van der Waals surface area contributed by atoms with E-state index in [2.05, 4.69) is 10.3 Å². The molecular weight excluding hydrogens is 342 g/mol. The van der Waals surface area contributed by atoms with Crippen molar-refractivity contribution >= 4 is 33.9 Å². The number of anilines is 1. The number of fused-ring (bicyclic) bond motifs is 1. The van der Waals surface area contributed by atoms with Gasteiger partial charge in [-0.3, -0.25) is 14.0 Å². The van der Waals surface area contributed by atoms with Crippen molar-refractivity contribution in [1.82, 2.24) is 9.38 Å². The molecule has 0 spiro atoms. The summed E-state index contributed by atoms with van der Waals surface area (Å²) in [5.41, 5.74) is 0.931. The van der Waals surface area contributed by atoms with Gasteiger partial charge in [0, 0.05) is 23.0 Å². The van der Waals surface area contributed by atoms with Crippen molar-refractivity contribution in [3.63, 3.8) is 0 Å². The summed E-state index contributed by atoms with van der Waals surface area (Å²) in [7, 11) is 0. The van der Waals surface area contributed by atoms with Gasteiger partial charge in [0.1, 0.15) is 5.56 Å². The molecule has 0 aliphatic rings. The maximum absolute atomic E-state index is 12.5. The van der Waals surface area contributed by atoms with Gasteiger partial charge in [-0.25, -0.2) is 9.78 Å². The van der Waals surface area contributed by atoms with Crippen molar-refractivity contribution in [2.24, 2.45) is 0 Å². The van der Waals surface area contributed by atoms with E-state index in [1.165, 1.54) is 28.0 Å². The number of benzene rings is 1. The zero-order valence-electron chi connectivity index (χ0n) is 13.6. The summed E-state index contributed by atoms with van der Waals surface area (Å²) >= 11 is 1.33. The van der Waals surface area contributed by atoms with Crippen LogP contribution in [0.3, 0.4) is 0 Å². The number of carbonyl (C=O) groups excluding carboxylic acids is 2. The number of nitrogens with zero attached hydrogens (tertiary/aromatic N) is 2. The largest absolute Gasteiger partial charge is 0.462 e.